The molecule has 114 valence electrons. The predicted octanol–water partition coefficient (Wildman–Crippen LogP) is 1.96. The minimum atomic E-state index is -0.391. The lowest BCUT2D eigenvalue weighted by atomic mass is 10.2. The van der Waals surface area contributed by atoms with Gasteiger partial charge in [0.2, 0.25) is 0 Å². The van der Waals surface area contributed by atoms with Gasteiger partial charge in [0.25, 0.3) is 0 Å². The van der Waals surface area contributed by atoms with Crippen molar-refractivity contribution in [1.82, 2.24) is 5.32 Å². The van der Waals surface area contributed by atoms with E-state index < -0.39 is 6.10 Å². The lowest BCUT2D eigenvalue weighted by Gasteiger charge is -2.16. The fraction of sp³-hybridized carbons (Fsp3) is 1.00. The minimum Gasteiger partial charge on any atom is -0.389 e. The zero-order valence-electron chi connectivity index (χ0n) is 12.6. The molecule has 0 aromatic heterocycles. The summed E-state index contributed by atoms with van der Waals surface area (Å²) in [6, 6.07) is 0. The summed E-state index contributed by atoms with van der Waals surface area (Å²) in [6.07, 6.45) is 5.85. The van der Waals surface area contributed by atoms with Crippen molar-refractivity contribution in [2.75, 3.05) is 32.9 Å². The molecule has 0 aliphatic heterocycles. The molecule has 1 unspecified atom stereocenters. The van der Waals surface area contributed by atoms with Crippen LogP contribution in [0.3, 0.4) is 0 Å². The Morgan fingerprint density at radius 1 is 1.21 bits per heavy atom. The van der Waals surface area contributed by atoms with Gasteiger partial charge in [0, 0.05) is 19.8 Å². The zero-order chi connectivity index (χ0) is 13.9. The Hall–Kier alpha value is -0.160. The fourth-order valence-corrected chi connectivity index (χ4v) is 2.25. The molecule has 1 fully saturated rings. The second kappa shape index (κ2) is 10.6. The third kappa shape index (κ3) is 9.38. The quantitative estimate of drug-likeness (QED) is 0.565. The molecule has 1 atom stereocenters. The fourth-order valence-electron chi connectivity index (χ4n) is 2.25. The van der Waals surface area contributed by atoms with Gasteiger partial charge < -0.3 is 19.9 Å². The Labute approximate surface area is 117 Å². The SMILES string of the molecule is CC(C)COCCCNCC(O)COC1CCCC1. The summed E-state index contributed by atoms with van der Waals surface area (Å²) in [4.78, 5) is 0. The van der Waals surface area contributed by atoms with Crippen molar-refractivity contribution >= 4 is 0 Å². The van der Waals surface area contributed by atoms with Crippen molar-refractivity contribution in [2.24, 2.45) is 5.92 Å². The molecule has 0 saturated heterocycles. The van der Waals surface area contributed by atoms with Crippen LogP contribution in [-0.4, -0.2) is 50.2 Å². The summed E-state index contributed by atoms with van der Waals surface area (Å²) in [5.41, 5.74) is 0. The lowest BCUT2D eigenvalue weighted by molar-refractivity contribution is -0.00552. The maximum absolute atomic E-state index is 9.77. The second-order valence-electron chi connectivity index (χ2n) is 5.92. The first kappa shape index (κ1) is 16.9. The van der Waals surface area contributed by atoms with Crippen molar-refractivity contribution < 1.29 is 14.6 Å². The summed E-state index contributed by atoms with van der Waals surface area (Å²) in [5, 5.41) is 13.0. The number of aliphatic hydroxyl groups excluding tert-OH is 1. The minimum absolute atomic E-state index is 0.388. The van der Waals surface area contributed by atoms with Gasteiger partial charge in [-0.2, -0.15) is 0 Å². The van der Waals surface area contributed by atoms with Crippen LogP contribution in [0, 0.1) is 5.92 Å². The molecule has 1 aliphatic rings. The highest BCUT2D eigenvalue weighted by molar-refractivity contribution is 4.68. The van der Waals surface area contributed by atoms with Crippen molar-refractivity contribution in [3.05, 3.63) is 0 Å². The summed E-state index contributed by atoms with van der Waals surface area (Å²) >= 11 is 0. The van der Waals surface area contributed by atoms with Crippen LogP contribution < -0.4 is 5.32 Å². The average molecular weight is 273 g/mol. The maximum Gasteiger partial charge on any atom is 0.0897 e. The zero-order valence-corrected chi connectivity index (χ0v) is 12.6. The molecule has 0 aromatic carbocycles. The molecule has 19 heavy (non-hydrogen) atoms. The van der Waals surface area contributed by atoms with E-state index in [-0.39, 0.29) is 0 Å². The van der Waals surface area contributed by atoms with Crippen LogP contribution in [0.25, 0.3) is 0 Å². The van der Waals surface area contributed by atoms with Crippen LogP contribution in [0.15, 0.2) is 0 Å². The number of nitrogens with one attached hydrogen (secondary N) is 1. The van der Waals surface area contributed by atoms with Crippen LogP contribution in [-0.2, 0) is 9.47 Å². The third-order valence-electron chi connectivity index (χ3n) is 3.30. The molecule has 1 rings (SSSR count). The Bertz CT molecular complexity index is 206. The van der Waals surface area contributed by atoms with E-state index >= 15 is 0 Å². The molecule has 0 aromatic rings. The highest BCUT2D eigenvalue weighted by Crippen LogP contribution is 2.20. The van der Waals surface area contributed by atoms with Crippen molar-refractivity contribution in [3.8, 4) is 0 Å². The molecule has 0 spiro atoms. The number of aliphatic hydroxyl groups is 1. The van der Waals surface area contributed by atoms with Crippen LogP contribution in [0.1, 0.15) is 46.0 Å². The molecule has 1 saturated carbocycles. The summed E-state index contributed by atoms with van der Waals surface area (Å²) in [6.45, 7) is 7.88. The lowest BCUT2D eigenvalue weighted by Crippen LogP contribution is -2.32. The molecule has 1 aliphatic carbocycles. The third-order valence-corrected chi connectivity index (χ3v) is 3.30. The summed E-state index contributed by atoms with van der Waals surface area (Å²) < 4.78 is 11.2. The van der Waals surface area contributed by atoms with Gasteiger partial charge in [0.15, 0.2) is 0 Å². The van der Waals surface area contributed by atoms with Crippen molar-refractivity contribution in [2.45, 2.75) is 58.2 Å². The highest BCUT2D eigenvalue weighted by atomic mass is 16.5. The molecule has 0 bridgehead atoms. The molecule has 0 heterocycles. The molecule has 2 N–H and O–H groups in total. The normalized spacial score (nSPS) is 18.3. The van der Waals surface area contributed by atoms with E-state index in [0.29, 0.717) is 25.2 Å². The number of hydrogen-bond donors (Lipinski definition) is 2. The monoisotopic (exact) mass is 273 g/mol. The van der Waals surface area contributed by atoms with Crippen molar-refractivity contribution in [3.63, 3.8) is 0 Å². The largest absolute Gasteiger partial charge is 0.389 e. The number of hydrogen-bond acceptors (Lipinski definition) is 4. The highest BCUT2D eigenvalue weighted by Gasteiger charge is 2.16. The van der Waals surface area contributed by atoms with Crippen LogP contribution in [0.4, 0.5) is 0 Å². The Morgan fingerprint density at radius 3 is 2.63 bits per heavy atom. The van der Waals surface area contributed by atoms with E-state index in [0.717, 1.165) is 39.0 Å². The first-order valence-electron chi connectivity index (χ1n) is 7.76. The van der Waals surface area contributed by atoms with Gasteiger partial charge in [-0.25, -0.2) is 0 Å². The van der Waals surface area contributed by atoms with E-state index in [1.54, 1.807) is 0 Å². The maximum atomic E-state index is 9.77. The topological polar surface area (TPSA) is 50.7 Å². The second-order valence-corrected chi connectivity index (χ2v) is 5.92. The first-order valence-corrected chi connectivity index (χ1v) is 7.76. The van der Waals surface area contributed by atoms with Crippen LogP contribution in [0.5, 0.6) is 0 Å². The predicted molar refractivity (Wildman–Crippen MR) is 77.4 cm³/mol. The van der Waals surface area contributed by atoms with Crippen LogP contribution in [0.2, 0.25) is 0 Å². The van der Waals surface area contributed by atoms with E-state index in [1.165, 1.54) is 12.8 Å². The van der Waals surface area contributed by atoms with E-state index in [9.17, 15) is 5.11 Å². The molecule has 4 nitrogen and oxygen atoms in total. The van der Waals surface area contributed by atoms with Crippen molar-refractivity contribution in [1.29, 1.82) is 0 Å². The van der Waals surface area contributed by atoms with Gasteiger partial charge >= 0.3 is 0 Å². The molecular formula is C15H31NO3. The molecule has 4 heteroatoms. The molecule has 0 amide bonds. The first-order chi connectivity index (χ1) is 9.18. The summed E-state index contributed by atoms with van der Waals surface area (Å²) in [5.74, 6) is 0.600. The number of rotatable bonds is 11. The van der Waals surface area contributed by atoms with E-state index in [4.69, 9.17) is 9.47 Å². The van der Waals surface area contributed by atoms with E-state index in [2.05, 4.69) is 19.2 Å². The average Bonchev–Trinajstić information content (AvgIpc) is 2.88. The van der Waals surface area contributed by atoms with Gasteiger partial charge in [-0.1, -0.05) is 26.7 Å². The van der Waals surface area contributed by atoms with Gasteiger partial charge in [-0.15, -0.1) is 0 Å². The van der Waals surface area contributed by atoms with E-state index in [1.807, 2.05) is 0 Å². The van der Waals surface area contributed by atoms with Gasteiger partial charge in [0.1, 0.15) is 0 Å². The smallest absolute Gasteiger partial charge is 0.0897 e. The standard InChI is InChI=1S/C15H31NO3/c1-13(2)11-18-9-5-8-16-10-14(17)12-19-15-6-3-4-7-15/h13-17H,3-12H2,1-2H3. The molecular weight excluding hydrogens is 242 g/mol. The summed E-state index contributed by atoms with van der Waals surface area (Å²) in [7, 11) is 0. The Morgan fingerprint density at radius 2 is 1.95 bits per heavy atom. The van der Waals surface area contributed by atoms with Crippen LogP contribution >= 0.6 is 0 Å². The molecule has 0 radical (unpaired) electrons. The van der Waals surface area contributed by atoms with Gasteiger partial charge in [-0.05, 0) is 31.7 Å². The Kier molecular flexibility index (Phi) is 9.43. The Balaban J connectivity index is 1.82. The number of ether oxygens (including phenoxy) is 2. The van der Waals surface area contributed by atoms with Gasteiger partial charge in [-0.3, -0.25) is 0 Å². The van der Waals surface area contributed by atoms with Gasteiger partial charge in [0.05, 0.1) is 18.8 Å².